The molecule has 0 saturated carbocycles. The Labute approximate surface area is 163 Å². The maximum Gasteiger partial charge on any atom is 0.229 e. The Morgan fingerprint density at radius 1 is 1.27 bits per heavy atom. The van der Waals surface area contributed by atoms with Crippen LogP contribution in [-0.2, 0) is 9.59 Å². The summed E-state index contributed by atoms with van der Waals surface area (Å²) in [5, 5.41) is 3.88. The molecule has 2 aromatic carbocycles. The molecule has 1 unspecified atom stereocenters. The number of carbonyl (C=O) groups is 2. The summed E-state index contributed by atoms with van der Waals surface area (Å²) < 4.78 is 2.05. The lowest BCUT2D eigenvalue weighted by Crippen LogP contribution is -2.28. The smallest absolute Gasteiger partial charge is 0.229 e. The molecule has 132 valence electrons. The number of carbonyl (C=O) groups excluding carboxylic acids is 2. The number of benzene rings is 2. The van der Waals surface area contributed by atoms with E-state index in [9.17, 15) is 9.59 Å². The van der Waals surface area contributed by atoms with Gasteiger partial charge in [-0.25, -0.2) is 4.98 Å². The van der Waals surface area contributed by atoms with Crippen molar-refractivity contribution in [3.05, 3.63) is 51.9 Å². The van der Waals surface area contributed by atoms with Gasteiger partial charge in [0.25, 0.3) is 0 Å². The Morgan fingerprint density at radius 2 is 2.04 bits per heavy atom. The molecular formula is C19H16BrN3O2S. The summed E-state index contributed by atoms with van der Waals surface area (Å²) in [5.41, 5.74) is 2.41. The van der Waals surface area contributed by atoms with E-state index >= 15 is 0 Å². The van der Waals surface area contributed by atoms with Crippen molar-refractivity contribution in [1.29, 1.82) is 0 Å². The van der Waals surface area contributed by atoms with Gasteiger partial charge in [0.1, 0.15) is 0 Å². The quantitative estimate of drug-likeness (QED) is 0.672. The van der Waals surface area contributed by atoms with E-state index in [1.807, 2.05) is 49.4 Å². The Morgan fingerprint density at radius 3 is 2.81 bits per heavy atom. The van der Waals surface area contributed by atoms with Crippen molar-refractivity contribution in [2.45, 2.75) is 13.3 Å². The summed E-state index contributed by atoms with van der Waals surface area (Å²) in [6, 6.07) is 13.2. The molecule has 4 rings (SSSR count). The summed E-state index contributed by atoms with van der Waals surface area (Å²) in [5.74, 6) is -0.528. The van der Waals surface area contributed by atoms with Crippen LogP contribution in [0, 0.1) is 12.8 Å². The van der Waals surface area contributed by atoms with Crippen molar-refractivity contribution in [2.24, 2.45) is 5.92 Å². The third-order valence-electron chi connectivity index (χ3n) is 4.40. The molecule has 2 amide bonds. The van der Waals surface area contributed by atoms with E-state index in [-0.39, 0.29) is 24.2 Å². The van der Waals surface area contributed by atoms with Crippen molar-refractivity contribution in [2.75, 3.05) is 16.8 Å². The number of nitrogens with zero attached hydrogens (tertiary/aromatic N) is 2. The van der Waals surface area contributed by atoms with Crippen LogP contribution in [0.5, 0.6) is 0 Å². The van der Waals surface area contributed by atoms with Gasteiger partial charge in [-0.15, -0.1) is 11.3 Å². The molecule has 0 spiro atoms. The number of fused-ring (bicyclic) bond motifs is 1. The van der Waals surface area contributed by atoms with Crippen LogP contribution in [-0.4, -0.2) is 23.3 Å². The standard InChI is InChI=1S/C19H16BrN3O2S/c1-11-21-16-9-15(6-7-17(16)26-11)23-10-12(8-18(23)24)19(25)22-14-4-2-13(20)3-5-14/h2-7,9,12H,8,10H2,1H3,(H,22,25). The summed E-state index contributed by atoms with van der Waals surface area (Å²) in [6.45, 7) is 2.35. The highest BCUT2D eigenvalue weighted by Gasteiger charge is 2.35. The van der Waals surface area contributed by atoms with Gasteiger partial charge in [0.05, 0.1) is 21.1 Å². The second-order valence-corrected chi connectivity index (χ2v) is 8.44. The number of nitrogens with one attached hydrogen (secondary N) is 1. The average molecular weight is 430 g/mol. The van der Waals surface area contributed by atoms with Crippen LogP contribution in [0.3, 0.4) is 0 Å². The van der Waals surface area contributed by atoms with Crippen LogP contribution in [0.25, 0.3) is 10.2 Å². The maximum absolute atomic E-state index is 12.5. The second kappa shape index (κ2) is 6.81. The molecule has 1 saturated heterocycles. The van der Waals surface area contributed by atoms with Gasteiger partial charge in [-0.05, 0) is 49.4 Å². The highest BCUT2D eigenvalue weighted by molar-refractivity contribution is 9.10. The largest absolute Gasteiger partial charge is 0.326 e. The molecule has 0 bridgehead atoms. The Balaban J connectivity index is 1.50. The number of anilines is 2. The first kappa shape index (κ1) is 17.2. The van der Waals surface area contributed by atoms with E-state index in [0.717, 1.165) is 31.1 Å². The predicted molar refractivity (Wildman–Crippen MR) is 108 cm³/mol. The van der Waals surface area contributed by atoms with Crippen LogP contribution < -0.4 is 10.2 Å². The number of hydrogen-bond acceptors (Lipinski definition) is 4. The van der Waals surface area contributed by atoms with Crippen LogP contribution >= 0.6 is 27.3 Å². The highest BCUT2D eigenvalue weighted by atomic mass is 79.9. The summed E-state index contributed by atoms with van der Waals surface area (Å²) >= 11 is 5.00. The van der Waals surface area contributed by atoms with Gasteiger partial charge in [0.15, 0.2) is 0 Å². The Hall–Kier alpha value is -2.25. The average Bonchev–Trinajstić information content (AvgIpc) is 3.18. The number of aromatic nitrogens is 1. The van der Waals surface area contributed by atoms with Crippen molar-refractivity contribution >= 4 is 60.7 Å². The molecule has 1 aliphatic rings. The van der Waals surface area contributed by atoms with Crippen molar-refractivity contribution in [3.63, 3.8) is 0 Å². The van der Waals surface area contributed by atoms with Gasteiger partial charge in [-0.3, -0.25) is 9.59 Å². The maximum atomic E-state index is 12.5. The second-order valence-electron chi connectivity index (χ2n) is 6.29. The van der Waals surface area contributed by atoms with Gasteiger partial charge >= 0.3 is 0 Å². The molecular weight excluding hydrogens is 414 g/mol. The number of rotatable bonds is 3. The van der Waals surface area contributed by atoms with Crippen LogP contribution in [0.15, 0.2) is 46.9 Å². The molecule has 2 heterocycles. The lowest BCUT2D eigenvalue weighted by atomic mass is 10.1. The topological polar surface area (TPSA) is 62.3 Å². The molecule has 0 aliphatic carbocycles. The van der Waals surface area contributed by atoms with Crippen LogP contribution in [0.1, 0.15) is 11.4 Å². The fourth-order valence-corrected chi connectivity index (χ4v) is 4.18. The fraction of sp³-hybridized carbons (Fsp3) is 0.211. The van der Waals surface area contributed by atoms with Gasteiger partial charge in [-0.2, -0.15) is 0 Å². The van der Waals surface area contributed by atoms with Crippen molar-refractivity contribution < 1.29 is 9.59 Å². The lowest BCUT2D eigenvalue weighted by molar-refractivity contribution is -0.122. The minimum Gasteiger partial charge on any atom is -0.326 e. The Kier molecular flexibility index (Phi) is 4.50. The third-order valence-corrected chi connectivity index (χ3v) is 5.88. The predicted octanol–water partition coefficient (Wildman–Crippen LogP) is 4.36. The normalized spacial score (nSPS) is 17.1. The van der Waals surface area contributed by atoms with Gasteiger partial charge in [0, 0.05) is 28.8 Å². The Bertz CT molecular complexity index is 1000. The van der Waals surface area contributed by atoms with Crippen LogP contribution in [0.2, 0.25) is 0 Å². The number of amides is 2. The monoisotopic (exact) mass is 429 g/mol. The number of hydrogen-bond donors (Lipinski definition) is 1. The zero-order valence-corrected chi connectivity index (χ0v) is 16.4. The minimum atomic E-state index is -0.362. The first-order chi connectivity index (χ1) is 12.5. The molecule has 3 aromatic rings. The van der Waals surface area contributed by atoms with E-state index in [0.29, 0.717) is 6.54 Å². The summed E-state index contributed by atoms with van der Waals surface area (Å²) in [7, 11) is 0. The first-order valence-electron chi connectivity index (χ1n) is 8.23. The molecule has 1 aromatic heterocycles. The van der Waals surface area contributed by atoms with Crippen LogP contribution in [0.4, 0.5) is 11.4 Å². The number of aryl methyl sites for hydroxylation is 1. The summed E-state index contributed by atoms with van der Waals surface area (Å²) in [6.07, 6.45) is 0.219. The highest BCUT2D eigenvalue weighted by Crippen LogP contribution is 2.30. The molecule has 5 nitrogen and oxygen atoms in total. The fourth-order valence-electron chi connectivity index (χ4n) is 3.11. The van der Waals surface area contributed by atoms with E-state index in [4.69, 9.17) is 0 Å². The molecule has 1 fully saturated rings. The van der Waals surface area contributed by atoms with Crippen molar-refractivity contribution in [1.82, 2.24) is 4.98 Å². The van der Waals surface area contributed by atoms with E-state index in [1.54, 1.807) is 16.2 Å². The van der Waals surface area contributed by atoms with E-state index in [1.165, 1.54) is 0 Å². The molecule has 1 N–H and O–H groups in total. The van der Waals surface area contributed by atoms with Crippen molar-refractivity contribution in [3.8, 4) is 0 Å². The zero-order valence-electron chi connectivity index (χ0n) is 14.0. The molecule has 0 radical (unpaired) electrons. The molecule has 1 atom stereocenters. The molecule has 26 heavy (non-hydrogen) atoms. The van der Waals surface area contributed by atoms with Gasteiger partial charge < -0.3 is 10.2 Å². The lowest BCUT2D eigenvalue weighted by Gasteiger charge is -2.16. The first-order valence-corrected chi connectivity index (χ1v) is 9.84. The molecule has 1 aliphatic heterocycles. The van der Waals surface area contributed by atoms with E-state index in [2.05, 4.69) is 26.2 Å². The SMILES string of the molecule is Cc1nc2cc(N3CC(C(=O)Nc4ccc(Br)cc4)CC3=O)ccc2s1. The minimum absolute atomic E-state index is 0.0349. The van der Waals surface area contributed by atoms with Gasteiger partial charge in [-0.1, -0.05) is 15.9 Å². The number of halogens is 1. The third kappa shape index (κ3) is 3.37. The number of thiazole rings is 1. The zero-order chi connectivity index (χ0) is 18.3. The summed E-state index contributed by atoms with van der Waals surface area (Å²) in [4.78, 5) is 31.1. The van der Waals surface area contributed by atoms with E-state index < -0.39 is 0 Å². The van der Waals surface area contributed by atoms with Gasteiger partial charge in [0.2, 0.25) is 11.8 Å². The molecule has 7 heteroatoms.